The number of aryl methyl sites for hydroxylation is 2. The van der Waals surface area contributed by atoms with Gasteiger partial charge in [0.05, 0.1) is 11.4 Å². The zero-order chi connectivity index (χ0) is 39.5. The van der Waals surface area contributed by atoms with Gasteiger partial charge in [-0.3, -0.25) is 0 Å². The highest BCUT2D eigenvalue weighted by Crippen LogP contribution is 2.54. The quantitative estimate of drug-likeness (QED) is 0.161. The average Bonchev–Trinajstić information content (AvgIpc) is 3.45. The van der Waals surface area contributed by atoms with Crippen molar-refractivity contribution in [1.82, 2.24) is 0 Å². The number of hydrogen-bond donors (Lipinski definition) is 0. The standard InChI is InChI=1S/C55H50N2/c1-37-21-26-43(27-22-37)56(45-30-25-39-15-11-12-18-41(39)33-45)51-34-42(54(3,4)5)35-52(53(51)40-16-9-8-10-17-40)57(44-28-23-38(2)24-29-44)46-31-32-48-47-19-13-14-20-49(47)55(6,7)50(48)36-46/h8-36H,1-7H3. The van der Waals surface area contributed by atoms with Crippen LogP contribution >= 0.6 is 0 Å². The van der Waals surface area contributed by atoms with E-state index in [4.69, 9.17) is 0 Å². The van der Waals surface area contributed by atoms with E-state index in [0.29, 0.717) is 0 Å². The Morgan fingerprint density at radius 3 is 1.53 bits per heavy atom. The Kier molecular flexibility index (Phi) is 8.89. The van der Waals surface area contributed by atoms with E-state index in [1.807, 2.05) is 0 Å². The highest BCUT2D eigenvalue weighted by atomic mass is 15.2. The number of rotatable bonds is 7. The molecule has 0 heterocycles. The third-order valence-electron chi connectivity index (χ3n) is 11.9. The van der Waals surface area contributed by atoms with Crippen LogP contribution in [0.1, 0.15) is 62.4 Å². The molecule has 0 spiro atoms. The predicted octanol–water partition coefficient (Wildman–Crippen LogP) is 15.7. The van der Waals surface area contributed by atoms with Gasteiger partial charge in [-0.25, -0.2) is 0 Å². The van der Waals surface area contributed by atoms with Crippen LogP contribution in [-0.4, -0.2) is 0 Å². The Balaban J connectivity index is 1.39. The van der Waals surface area contributed by atoms with Gasteiger partial charge in [-0.15, -0.1) is 0 Å². The molecule has 2 heteroatoms. The van der Waals surface area contributed by atoms with Crippen LogP contribution in [0.25, 0.3) is 33.0 Å². The SMILES string of the molecule is Cc1ccc(N(c2ccc3c(c2)C(C)(C)c2ccccc2-3)c2cc(C(C)(C)C)cc(N(c3ccc(C)cc3)c3ccc4ccccc4c3)c2-c2ccccc2)cc1. The summed E-state index contributed by atoms with van der Waals surface area (Å²) in [6, 6.07) is 65.5. The molecule has 1 aliphatic carbocycles. The molecule has 0 radical (unpaired) electrons. The zero-order valence-corrected chi connectivity index (χ0v) is 34.1. The smallest absolute Gasteiger partial charge is 0.0564 e. The largest absolute Gasteiger partial charge is 0.310 e. The van der Waals surface area contributed by atoms with E-state index >= 15 is 0 Å². The predicted molar refractivity (Wildman–Crippen MR) is 244 cm³/mol. The molecule has 0 N–H and O–H groups in total. The van der Waals surface area contributed by atoms with Crippen molar-refractivity contribution in [2.75, 3.05) is 9.80 Å². The molecule has 280 valence electrons. The lowest BCUT2D eigenvalue weighted by atomic mass is 9.82. The lowest BCUT2D eigenvalue weighted by Gasteiger charge is -2.36. The summed E-state index contributed by atoms with van der Waals surface area (Å²) < 4.78 is 0. The zero-order valence-electron chi connectivity index (χ0n) is 34.1. The van der Waals surface area contributed by atoms with E-state index in [1.165, 1.54) is 55.3 Å². The van der Waals surface area contributed by atoms with Crippen LogP contribution in [0.5, 0.6) is 0 Å². The summed E-state index contributed by atoms with van der Waals surface area (Å²) in [7, 11) is 0. The molecule has 57 heavy (non-hydrogen) atoms. The summed E-state index contributed by atoms with van der Waals surface area (Å²) in [5.41, 5.74) is 17.9. The monoisotopic (exact) mass is 738 g/mol. The maximum atomic E-state index is 2.51. The molecule has 0 fully saturated rings. The summed E-state index contributed by atoms with van der Waals surface area (Å²) in [6.07, 6.45) is 0. The minimum atomic E-state index is -0.151. The highest BCUT2D eigenvalue weighted by molar-refractivity contribution is 6.00. The van der Waals surface area contributed by atoms with Gasteiger partial charge in [0.15, 0.2) is 0 Å². The topological polar surface area (TPSA) is 6.48 Å². The van der Waals surface area contributed by atoms with Gasteiger partial charge < -0.3 is 9.80 Å². The van der Waals surface area contributed by atoms with Crippen molar-refractivity contribution in [3.05, 3.63) is 204 Å². The van der Waals surface area contributed by atoms with Crippen LogP contribution in [0, 0.1) is 13.8 Å². The van der Waals surface area contributed by atoms with Gasteiger partial charge in [-0.1, -0.05) is 161 Å². The third-order valence-corrected chi connectivity index (χ3v) is 11.9. The molecule has 0 unspecified atom stereocenters. The van der Waals surface area contributed by atoms with Gasteiger partial charge >= 0.3 is 0 Å². The van der Waals surface area contributed by atoms with Crippen LogP contribution in [-0.2, 0) is 10.8 Å². The number of anilines is 6. The molecule has 0 aromatic heterocycles. The third kappa shape index (κ3) is 6.50. The second kappa shape index (κ2) is 14.0. The second-order valence-corrected chi connectivity index (χ2v) is 17.3. The van der Waals surface area contributed by atoms with Crippen molar-refractivity contribution >= 4 is 44.9 Å². The number of benzene rings is 8. The molecule has 0 bridgehead atoms. The molecule has 0 aliphatic heterocycles. The van der Waals surface area contributed by atoms with Gasteiger partial charge in [0.1, 0.15) is 0 Å². The molecule has 8 aromatic carbocycles. The Labute approximate surface area is 338 Å². The summed E-state index contributed by atoms with van der Waals surface area (Å²) in [5, 5.41) is 2.44. The Bertz CT molecular complexity index is 2750. The van der Waals surface area contributed by atoms with Gasteiger partial charge in [-0.05, 0) is 124 Å². The van der Waals surface area contributed by atoms with Gasteiger partial charge in [0.25, 0.3) is 0 Å². The molecule has 0 amide bonds. The summed E-state index contributed by atoms with van der Waals surface area (Å²) in [6.45, 7) is 16.1. The van der Waals surface area contributed by atoms with Crippen LogP contribution in [0.3, 0.4) is 0 Å². The van der Waals surface area contributed by atoms with Crippen LogP contribution in [0.2, 0.25) is 0 Å². The van der Waals surface area contributed by atoms with E-state index in [0.717, 1.165) is 39.7 Å². The molecule has 0 saturated heterocycles. The van der Waals surface area contributed by atoms with Crippen molar-refractivity contribution < 1.29 is 0 Å². The van der Waals surface area contributed by atoms with Crippen LogP contribution < -0.4 is 9.80 Å². The summed E-state index contributed by atoms with van der Waals surface area (Å²) in [4.78, 5) is 4.98. The summed E-state index contributed by atoms with van der Waals surface area (Å²) >= 11 is 0. The van der Waals surface area contributed by atoms with Crippen molar-refractivity contribution in [3.63, 3.8) is 0 Å². The van der Waals surface area contributed by atoms with Crippen molar-refractivity contribution in [1.29, 1.82) is 0 Å². The first kappa shape index (κ1) is 36.3. The normalized spacial score (nSPS) is 13.0. The average molecular weight is 739 g/mol. The molecule has 0 saturated carbocycles. The fourth-order valence-electron chi connectivity index (χ4n) is 8.69. The fraction of sp³-hybridized carbons (Fsp3) is 0.164. The maximum Gasteiger partial charge on any atom is 0.0564 e. The van der Waals surface area contributed by atoms with E-state index in [-0.39, 0.29) is 10.8 Å². The Morgan fingerprint density at radius 2 is 0.912 bits per heavy atom. The lowest BCUT2D eigenvalue weighted by molar-refractivity contribution is 0.590. The molecule has 0 atom stereocenters. The molecule has 1 aliphatic rings. The fourth-order valence-corrected chi connectivity index (χ4v) is 8.69. The number of hydrogen-bond acceptors (Lipinski definition) is 2. The van der Waals surface area contributed by atoms with Crippen molar-refractivity contribution in [2.24, 2.45) is 0 Å². The van der Waals surface area contributed by atoms with Crippen LogP contribution in [0.4, 0.5) is 34.1 Å². The first-order chi connectivity index (χ1) is 27.5. The van der Waals surface area contributed by atoms with Gasteiger partial charge in [0, 0.05) is 33.7 Å². The van der Waals surface area contributed by atoms with Crippen molar-refractivity contribution in [3.8, 4) is 22.3 Å². The minimum Gasteiger partial charge on any atom is -0.310 e. The first-order valence-corrected chi connectivity index (χ1v) is 20.2. The second-order valence-electron chi connectivity index (χ2n) is 17.3. The Morgan fingerprint density at radius 1 is 0.421 bits per heavy atom. The van der Waals surface area contributed by atoms with Gasteiger partial charge in [-0.2, -0.15) is 0 Å². The van der Waals surface area contributed by atoms with E-state index in [9.17, 15) is 0 Å². The van der Waals surface area contributed by atoms with E-state index in [2.05, 4.69) is 234 Å². The van der Waals surface area contributed by atoms with E-state index < -0.39 is 0 Å². The van der Waals surface area contributed by atoms with Crippen molar-refractivity contribution in [2.45, 2.75) is 59.3 Å². The van der Waals surface area contributed by atoms with Crippen LogP contribution in [0.15, 0.2) is 176 Å². The summed E-state index contributed by atoms with van der Waals surface area (Å²) in [5.74, 6) is 0. The molecule has 2 nitrogen and oxygen atoms in total. The lowest BCUT2D eigenvalue weighted by Crippen LogP contribution is -2.20. The van der Waals surface area contributed by atoms with E-state index in [1.54, 1.807) is 0 Å². The minimum absolute atomic E-state index is 0.139. The number of nitrogens with zero attached hydrogens (tertiary/aromatic N) is 2. The number of fused-ring (bicyclic) bond motifs is 4. The highest BCUT2D eigenvalue weighted by Gasteiger charge is 2.36. The maximum absolute atomic E-state index is 2.51. The molecular weight excluding hydrogens is 689 g/mol. The molecular formula is C55H50N2. The Hall–Kier alpha value is -6.38. The van der Waals surface area contributed by atoms with Gasteiger partial charge in [0.2, 0.25) is 0 Å². The molecule has 9 rings (SSSR count). The first-order valence-electron chi connectivity index (χ1n) is 20.2. The molecule has 8 aromatic rings.